The van der Waals surface area contributed by atoms with Gasteiger partial charge in [-0.3, -0.25) is 0 Å². The van der Waals surface area contributed by atoms with E-state index >= 15 is 0 Å². The van der Waals surface area contributed by atoms with E-state index in [1.54, 1.807) is 0 Å². The van der Waals surface area contributed by atoms with Gasteiger partial charge in [0.1, 0.15) is 5.75 Å². The predicted octanol–water partition coefficient (Wildman–Crippen LogP) is 2.89. The first-order valence-corrected chi connectivity index (χ1v) is 8.95. The van der Waals surface area contributed by atoms with Crippen LogP contribution in [0.15, 0.2) is 29.2 Å². The maximum Gasteiger partial charge on any atom is 0.240 e. The largest absolute Gasteiger partial charge is 0.508 e. The lowest BCUT2D eigenvalue weighted by Gasteiger charge is -2.42. The van der Waals surface area contributed by atoms with Gasteiger partial charge in [0.05, 0.1) is 4.90 Å². The molecule has 1 aromatic carbocycles. The Morgan fingerprint density at radius 2 is 1.81 bits per heavy atom. The van der Waals surface area contributed by atoms with E-state index in [0.717, 1.165) is 12.8 Å². The molecule has 0 saturated heterocycles. The summed E-state index contributed by atoms with van der Waals surface area (Å²) < 4.78 is 28.2. The van der Waals surface area contributed by atoms with Crippen molar-refractivity contribution in [2.45, 2.75) is 51.0 Å². The third-order valence-electron chi connectivity index (χ3n) is 5.69. The quantitative estimate of drug-likeness (QED) is 0.902. The van der Waals surface area contributed by atoms with E-state index in [1.165, 1.54) is 30.7 Å². The van der Waals surface area contributed by atoms with E-state index < -0.39 is 10.0 Å². The lowest BCUT2D eigenvalue weighted by molar-refractivity contribution is 0.127. The summed E-state index contributed by atoms with van der Waals surface area (Å²) >= 11 is 0. The van der Waals surface area contributed by atoms with Crippen molar-refractivity contribution >= 4 is 10.0 Å². The van der Waals surface area contributed by atoms with Crippen molar-refractivity contribution in [3.63, 3.8) is 0 Å². The second-order valence-corrected chi connectivity index (χ2v) is 9.18. The van der Waals surface area contributed by atoms with Crippen LogP contribution in [0.3, 0.4) is 0 Å². The average molecular weight is 309 g/mol. The van der Waals surface area contributed by atoms with Gasteiger partial charge in [-0.15, -0.1) is 0 Å². The van der Waals surface area contributed by atoms with Gasteiger partial charge in [-0.25, -0.2) is 13.1 Å². The number of fused-ring (bicyclic) bond motifs is 2. The third kappa shape index (κ3) is 2.27. The summed E-state index contributed by atoms with van der Waals surface area (Å²) in [7, 11) is -3.55. The minimum Gasteiger partial charge on any atom is -0.508 e. The summed E-state index contributed by atoms with van der Waals surface area (Å²) in [5, 5.41) is 9.30. The van der Waals surface area contributed by atoms with E-state index in [2.05, 4.69) is 25.5 Å². The predicted molar refractivity (Wildman–Crippen MR) is 81.4 cm³/mol. The molecule has 0 aromatic heterocycles. The van der Waals surface area contributed by atoms with Crippen LogP contribution in [0, 0.1) is 16.7 Å². The first-order valence-electron chi connectivity index (χ1n) is 7.46. The first kappa shape index (κ1) is 14.9. The fourth-order valence-corrected chi connectivity index (χ4v) is 5.97. The molecule has 2 aliphatic rings. The summed E-state index contributed by atoms with van der Waals surface area (Å²) in [4.78, 5) is 0.211. The molecule has 4 nitrogen and oxygen atoms in total. The summed E-state index contributed by atoms with van der Waals surface area (Å²) in [6, 6.07) is 5.66. The lowest BCUT2D eigenvalue weighted by atomic mass is 9.69. The van der Waals surface area contributed by atoms with Crippen LogP contribution in [-0.2, 0) is 10.0 Å². The molecular weight excluding hydrogens is 286 g/mol. The Balaban J connectivity index is 1.91. The van der Waals surface area contributed by atoms with Crippen LogP contribution < -0.4 is 4.72 Å². The van der Waals surface area contributed by atoms with Crippen LogP contribution in [0.1, 0.15) is 40.0 Å². The molecule has 0 heterocycles. The first-order chi connectivity index (χ1) is 9.65. The zero-order chi connectivity index (χ0) is 15.5. The molecule has 0 spiro atoms. The van der Waals surface area contributed by atoms with Crippen molar-refractivity contribution < 1.29 is 13.5 Å². The number of aromatic hydroxyl groups is 1. The van der Waals surface area contributed by atoms with Gasteiger partial charge in [-0.1, -0.05) is 20.8 Å². The number of rotatable bonds is 3. The van der Waals surface area contributed by atoms with E-state index in [4.69, 9.17) is 0 Å². The second-order valence-electron chi connectivity index (χ2n) is 7.46. The molecule has 3 atom stereocenters. The van der Waals surface area contributed by atoms with Gasteiger partial charge in [0.25, 0.3) is 0 Å². The molecule has 3 unspecified atom stereocenters. The number of nitrogens with one attached hydrogen (secondary N) is 1. The molecule has 1 aromatic rings. The second kappa shape index (κ2) is 4.46. The Morgan fingerprint density at radius 3 is 2.33 bits per heavy atom. The summed E-state index contributed by atoms with van der Waals surface area (Å²) in [5.41, 5.74) is 0.0369. The van der Waals surface area contributed by atoms with Crippen LogP contribution >= 0.6 is 0 Å². The maximum absolute atomic E-state index is 12.6. The zero-order valence-electron chi connectivity index (χ0n) is 12.8. The Kier molecular flexibility index (Phi) is 3.16. The molecule has 3 rings (SSSR count). The maximum atomic E-state index is 12.6. The van der Waals surface area contributed by atoms with Crippen molar-refractivity contribution in [1.82, 2.24) is 4.72 Å². The molecule has 116 valence electrons. The fraction of sp³-hybridized carbons (Fsp3) is 0.625. The molecule has 21 heavy (non-hydrogen) atoms. The molecule has 2 bridgehead atoms. The Labute approximate surface area is 126 Å². The SMILES string of the molecule is CC12CCC(C1)C(C)(C)C2NS(=O)(=O)c1ccc(O)cc1. The molecular formula is C16H23NO3S. The number of hydrogen-bond acceptors (Lipinski definition) is 3. The molecule has 2 aliphatic carbocycles. The third-order valence-corrected chi connectivity index (χ3v) is 7.13. The number of hydrogen-bond donors (Lipinski definition) is 2. The van der Waals surface area contributed by atoms with Crippen LogP contribution in [-0.4, -0.2) is 19.6 Å². The number of sulfonamides is 1. The van der Waals surface area contributed by atoms with Gasteiger partial charge in [0, 0.05) is 6.04 Å². The molecule has 0 amide bonds. The van der Waals surface area contributed by atoms with Crippen LogP contribution in [0.4, 0.5) is 0 Å². The minimum absolute atomic E-state index is 0.0169. The summed E-state index contributed by atoms with van der Waals surface area (Å²) in [6.07, 6.45) is 3.38. The molecule has 2 saturated carbocycles. The van der Waals surface area contributed by atoms with Gasteiger partial charge >= 0.3 is 0 Å². The van der Waals surface area contributed by atoms with Crippen molar-refractivity contribution in [2.24, 2.45) is 16.7 Å². The number of phenolic OH excluding ortho intramolecular Hbond substituents is 1. The highest BCUT2D eigenvalue weighted by atomic mass is 32.2. The summed E-state index contributed by atoms with van der Waals surface area (Å²) in [5.74, 6) is 0.663. The fourth-order valence-electron chi connectivity index (χ4n) is 4.44. The Morgan fingerprint density at radius 1 is 1.19 bits per heavy atom. The Hall–Kier alpha value is -1.07. The normalized spacial score (nSPS) is 34.2. The Bertz CT molecular complexity index is 646. The zero-order valence-corrected chi connectivity index (χ0v) is 13.6. The van der Waals surface area contributed by atoms with Crippen LogP contribution in [0.25, 0.3) is 0 Å². The molecule has 0 aliphatic heterocycles. The average Bonchev–Trinajstić information content (AvgIpc) is 2.87. The van der Waals surface area contributed by atoms with Crippen molar-refractivity contribution in [3.05, 3.63) is 24.3 Å². The molecule has 2 fully saturated rings. The molecule has 5 heteroatoms. The topological polar surface area (TPSA) is 66.4 Å². The van der Waals surface area contributed by atoms with E-state index in [0.29, 0.717) is 5.92 Å². The minimum atomic E-state index is -3.55. The number of benzene rings is 1. The van der Waals surface area contributed by atoms with Crippen molar-refractivity contribution in [1.29, 1.82) is 0 Å². The summed E-state index contributed by atoms with van der Waals surface area (Å²) in [6.45, 7) is 6.55. The monoisotopic (exact) mass is 309 g/mol. The number of phenols is 1. The van der Waals surface area contributed by atoms with E-state index in [1.807, 2.05) is 0 Å². The van der Waals surface area contributed by atoms with Gasteiger partial charge < -0.3 is 5.11 Å². The van der Waals surface area contributed by atoms with E-state index in [-0.39, 0.29) is 27.5 Å². The molecule has 2 N–H and O–H groups in total. The smallest absolute Gasteiger partial charge is 0.240 e. The van der Waals surface area contributed by atoms with Crippen molar-refractivity contribution in [3.8, 4) is 5.75 Å². The molecule has 0 radical (unpaired) electrons. The van der Waals surface area contributed by atoms with E-state index in [9.17, 15) is 13.5 Å². The lowest BCUT2D eigenvalue weighted by Crippen LogP contribution is -2.52. The van der Waals surface area contributed by atoms with Gasteiger partial charge in [0.15, 0.2) is 0 Å². The van der Waals surface area contributed by atoms with Crippen LogP contribution in [0.5, 0.6) is 5.75 Å². The van der Waals surface area contributed by atoms with Crippen LogP contribution in [0.2, 0.25) is 0 Å². The highest BCUT2D eigenvalue weighted by Gasteiger charge is 2.60. The van der Waals surface area contributed by atoms with Gasteiger partial charge in [0.2, 0.25) is 10.0 Å². The van der Waals surface area contributed by atoms with Gasteiger partial charge in [-0.2, -0.15) is 0 Å². The van der Waals surface area contributed by atoms with Gasteiger partial charge in [-0.05, 0) is 60.3 Å². The van der Waals surface area contributed by atoms with Crippen molar-refractivity contribution in [2.75, 3.05) is 0 Å². The highest BCUT2D eigenvalue weighted by Crippen LogP contribution is 2.62. The standard InChI is InChI=1S/C16H23NO3S/c1-15(2)11-8-9-16(3,10-11)14(15)17-21(19,20)13-6-4-12(18)5-7-13/h4-7,11,14,17-18H,8-10H2,1-3H3. The highest BCUT2D eigenvalue weighted by molar-refractivity contribution is 7.89.